The largest absolute Gasteiger partial charge is 0.465 e. The fourth-order valence-corrected chi connectivity index (χ4v) is 2.81. The van der Waals surface area contributed by atoms with E-state index in [2.05, 4.69) is 5.16 Å². The quantitative estimate of drug-likeness (QED) is 0.498. The van der Waals surface area contributed by atoms with Crippen LogP contribution in [0.5, 0.6) is 0 Å². The molecule has 0 unspecified atom stereocenters. The Bertz CT molecular complexity index is 467. The van der Waals surface area contributed by atoms with E-state index in [1.54, 1.807) is 11.3 Å². The van der Waals surface area contributed by atoms with Gasteiger partial charge in [0, 0.05) is 13.1 Å². The molecule has 2 rings (SSSR count). The van der Waals surface area contributed by atoms with Crippen LogP contribution in [-0.4, -0.2) is 54.2 Å². The Hall–Kier alpha value is -1.60. The minimum atomic E-state index is -0.852. The van der Waals surface area contributed by atoms with Crippen molar-refractivity contribution in [2.75, 3.05) is 26.3 Å². The van der Waals surface area contributed by atoms with Gasteiger partial charge in [-0.2, -0.15) is 0 Å². The van der Waals surface area contributed by atoms with E-state index in [9.17, 15) is 4.79 Å². The number of hydrogen-bond donors (Lipinski definition) is 1. The molecular weight excluding hydrogens is 292 g/mol. The van der Waals surface area contributed by atoms with Crippen molar-refractivity contribution >= 4 is 23.1 Å². The summed E-state index contributed by atoms with van der Waals surface area (Å²) in [5, 5.41) is 14.9. The van der Waals surface area contributed by atoms with Crippen molar-refractivity contribution in [2.45, 2.75) is 25.9 Å². The first-order valence-corrected chi connectivity index (χ1v) is 7.84. The van der Waals surface area contributed by atoms with Crippen molar-refractivity contribution < 1.29 is 19.5 Å². The van der Waals surface area contributed by atoms with Crippen molar-refractivity contribution in [3.8, 4) is 0 Å². The zero-order chi connectivity index (χ0) is 15.1. The predicted octanol–water partition coefficient (Wildman–Crippen LogP) is 2.65. The van der Waals surface area contributed by atoms with Crippen LogP contribution in [0.1, 0.15) is 24.6 Å². The second kappa shape index (κ2) is 7.99. The standard InChI is InChI=1S/C14H20N2O4S/c1-11(13-3-2-10-21-13)15-20-9-8-19-12-4-6-16(7-5-12)14(17)18/h2-3,10,12H,4-9H2,1H3,(H,17,18)/b15-11-. The average molecular weight is 312 g/mol. The maximum Gasteiger partial charge on any atom is 0.407 e. The van der Waals surface area contributed by atoms with Gasteiger partial charge in [-0.3, -0.25) is 0 Å². The second-order valence-electron chi connectivity index (χ2n) is 4.83. The molecule has 7 heteroatoms. The second-order valence-corrected chi connectivity index (χ2v) is 5.77. The molecule has 1 aliphatic heterocycles. The number of likely N-dealkylation sites (tertiary alicyclic amines) is 1. The zero-order valence-electron chi connectivity index (χ0n) is 12.0. The third-order valence-electron chi connectivity index (χ3n) is 3.32. The molecule has 1 saturated heterocycles. The molecule has 1 fully saturated rings. The Morgan fingerprint density at radius 3 is 2.86 bits per heavy atom. The molecule has 0 saturated carbocycles. The fourth-order valence-electron chi connectivity index (χ4n) is 2.14. The van der Waals surface area contributed by atoms with Crippen molar-refractivity contribution in [3.63, 3.8) is 0 Å². The fraction of sp³-hybridized carbons (Fsp3) is 0.571. The van der Waals surface area contributed by atoms with Gasteiger partial charge in [0.15, 0.2) is 0 Å². The Kier molecular flexibility index (Phi) is 6.01. The van der Waals surface area contributed by atoms with Crippen molar-refractivity contribution in [1.82, 2.24) is 4.90 Å². The molecule has 0 aromatic carbocycles. The highest BCUT2D eigenvalue weighted by Crippen LogP contribution is 2.13. The lowest BCUT2D eigenvalue weighted by Crippen LogP contribution is -2.40. The average Bonchev–Trinajstić information content (AvgIpc) is 3.01. The summed E-state index contributed by atoms with van der Waals surface area (Å²) >= 11 is 1.63. The van der Waals surface area contributed by atoms with Crippen LogP contribution >= 0.6 is 11.3 Å². The monoisotopic (exact) mass is 312 g/mol. The lowest BCUT2D eigenvalue weighted by atomic mass is 10.1. The first kappa shape index (κ1) is 15.8. The van der Waals surface area contributed by atoms with E-state index in [0.29, 0.717) is 26.3 Å². The summed E-state index contributed by atoms with van der Waals surface area (Å²) < 4.78 is 5.67. The number of ether oxygens (including phenoxy) is 1. The van der Waals surface area contributed by atoms with Gasteiger partial charge in [0.1, 0.15) is 6.61 Å². The maximum absolute atomic E-state index is 10.8. The third kappa shape index (κ3) is 5.02. The number of carboxylic acid groups (broad SMARTS) is 1. The number of hydrogen-bond acceptors (Lipinski definition) is 5. The van der Waals surface area contributed by atoms with Gasteiger partial charge in [-0.25, -0.2) is 4.79 Å². The van der Waals surface area contributed by atoms with Crippen LogP contribution in [0.25, 0.3) is 0 Å². The minimum Gasteiger partial charge on any atom is -0.465 e. The van der Waals surface area contributed by atoms with Crippen LogP contribution in [0.2, 0.25) is 0 Å². The first-order chi connectivity index (χ1) is 10.2. The highest BCUT2D eigenvalue weighted by molar-refractivity contribution is 7.12. The van der Waals surface area contributed by atoms with Gasteiger partial charge < -0.3 is 19.6 Å². The lowest BCUT2D eigenvalue weighted by Gasteiger charge is -2.29. The molecule has 21 heavy (non-hydrogen) atoms. The SMILES string of the molecule is C/C(=N/OCCOC1CCN(C(=O)O)CC1)c1cccs1. The maximum atomic E-state index is 10.8. The molecule has 0 atom stereocenters. The molecule has 2 heterocycles. The number of oxime groups is 1. The molecule has 0 spiro atoms. The first-order valence-electron chi connectivity index (χ1n) is 6.96. The van der Waals surface area contributed by atoms with Crippen molar-refractivity contribution in [2.24, 2.45) is 5.16 Å². The van der Waals surface area contributed by atoms with E-state index in [1.807, 2.05) is 24.4 Å². The Labute approximate surface area is 128 Å². The molecule has 1 aromatic heterocycles. The smallest absolute Gasteiger partial charge is 0.407 e. The van der Waals surface area contributed by atoms with Gasteiger partial charge in [-0.05, 0) is 31.2 Å². The molecule has 0 radical (unpaired) electrons. The molecule has 116 valence electrons. The number of nitrogens with zero attached hydrogens (tertiary/aromatic N) is 2. The van der Waals surface area contributed by atoms with Crippen molar-refractivity contribution in [1.29, 1.82) is 0 Å². The van der Waals surface area contributed by atoms with Crippen molar-refractivity contribution in [3.05, 3.63) is 22.4 Å². The van der Waals surface area contributed by atoms with Crippen LogP contribution in [0.4, 0.5) is 4.79 Å². The topological polar surface area (TPSA) is 71.4 Å². The molecule has 1 aliphatic rings. The number of thiophene rings is 1. The zero-order valence-corrected chi connectivity index (χ0v) is 12.8. The van der Waals surface area contributed by atoms with Gasteiger partial charge in [0.25, 0.3) is 0 Å². The number of carbonyl (C=O) groups is 1. The van der Waals surface area contributed by atoms with Crippen LogP contribution in [0, 0.1) is 0 Å². The van der Waals surface area contributed by atoms with E-state index in [-0.39, 0.29) is 6.10 Å². The molecule has 1 aromatic rings. The van der Waals surface area contributed by atoms with Crippen LogP contribution in [-0.2, 0) is 9.57 Å². The highest BCUT2D eigenvalue weighted by atomic mass is 32.1. The summed E-state index contributed by atoms with van der Waals surface area (Å²) in [4.78, 5) is 18.5. The molecule has 0 bridgehead atoms. The summed E-state index contributed by atoms with van der Waals surface area (Å²) in [6, 6.07) is 3.98. The van der Waals surface area contributed by atoms with Gasteiger partial charge >= 0.3 is 6.09 Å². The third-order valence-corrected chi connectivity index (χ3v) is 4.30. The highest BCUT2D eigenvalue weighted by Gasteiger charge is 2.22. The van der Waals surface area contributed by atoms with Crippen LogP contribution in [0.15, 0.2) is 22.7 Å². The van der Waals surface area contributed by atoms with E-state index >= 15 is 0 Å². The summed E-state index contributed by atoms with van der Waals surface area (Å²) in [5.41, 5.74) is 0.861. The predicted molar refractivity (Wildman–Crippen MR) is 81.1 cm³/mol. The number of rotatable bonds is 6. The normalized spacial score (nSPS) is 17.0. The summed E-state index contributed by atoms with van der Waals surface area (Å²) in [5.74, 6) is 0. The van der Waals surface area contributed by atoms with Gasteiger partial charge in [0.05, 0.1) is 23.3 Å². The minimum absolute atomic E-state index is 0.117. The molecule has 6 nitrogen and oxygen atoms in total. The summed E-state index contributed by atoms with van der Waals surface area (Å²) in [6.45, 7) is 3.86. The Balaban J connectivity index is 1.58. The van der Waals surface area contributed by atoms with E-state index in [0.717, 1.165) is 23.4 Å². The van der Waals surface area contributed by atoms with Gasteiger partial charge in [-0.1, -0.05) is 11.2 Å². The lowest BCUT2D eigenvalue weighted by molar-refractivity contribution is -0.0192. The number of amides is 1. The molecule has 1 N–H and O–H groups in total. The van der Waals surface area contributed by atoms with Gasteiger partial charge in [-0.15, -0.1) is 11.3 Å². The van der Waals surface area contributed by atoms with Gasteiger partial charge in [0.2, 0.25) is 0 Å². The van der Waals surface area contributed by atoms with E-state index < -0.39 is 6.09 Å². The Morgan fingerprint density at radius 1 is 1.48 bits per heavy atom. The van der Waals surface area contributed by atoms with Crippen LogP contribution in [0.3, 0.4) is 0 Å². The van der Waals surface area contributed by atoms with Crippen LogP contribution < -0.4 is 0 Å². The molecule has 1 amide bonds. The Morgan fingerprint density at radius 2 is 2.24 bits per heavy atom. The molecule has 0 aliphatic carbocycles. The van der Waals surface area contributed by atoms with E-state index in [1.165, 1.54) is 4.90 Å². The summed E-state index contributed by atoms with van der Waals surface area (Å²) in [7, 11) is 0. The summed E-state index contributed by atoms with van der Waals surface area (Å²) in [6.07, 6.45) is 0.745. The number of piperidine rings is 1. The van der Waals surface area contributed by atoms with E-state index in [4.69, 9.17) is 14.7 Å². The molecular formula is C14H20N2O4S.